The molecule has 1 fully saturated rings. The number of amides is 2. The van der Waals surface area contributed by atoms with E-state index in [0.717, 1.165) is 74.0 Å². The third-order valence-corrected chi connectivity index (χ3v) is 6.59. The van der Waals surface area contributed by atoms with Crippen LogP contribution in [-0.2, 0) is 22.6 Å². The molecule has 2 amide bonds. The number of rotatable bonds is 10. The fourth-order valence-corrected chi connectivity index (χ4v) is 4.64. The Bertz CT molecular complexity index is 1130. The minimum atomic E-state index is -0.0670. The number of hydrogen-bond acceptors (Lipinski definition) is 3. The summed E-state index contributed by atoms with van der Waals surface area (Å²) in [6, 6.07) is 17.9. The van der Waals surface area contributed by atoms with Gasteiger partial charge in [0.05, 0.1) is 11.0 Å². The smallest absolute Gasteiger partial charge is 0.243 e. The van der Waals surface area contributed by atoms with Crippen molar-refractivity contribution in [2.75, 3.05) is 19.6 Å². The van der Waals surface area contributed by atoms with Crippen LogP contribution < -0.4 is 5.32 Å². The Hall–Kier alpha value is -3.41. The standard InChI is InChI=1S/C29H36N4O2/c34-28(19-18-24-13-5-3-6-14-24)30-20-10-4-7-17-27-31-25-15-8-9-16-26(25)33(27)23-29(35)32-21-11-1-2-12-22-32/h3,5-6,8-9,13-16,18-19H,1-2,4,7,10-12,17,20-23H2,(H,30,34)/b19-18+. The van der Waals surface area contributed by atoms with E-state index in [1.165, 1.54) is 12.8 Å². The molecule has 0 saturated carbocycles. The molecule has 1 aliphatic rings. The van der Waals surface area contributed by atoms with Crippen molar-refractivity contribution in [3.8, 4) is 0 Å². The predicted molar refractivity (Wildman–Crippen MR) is 141 cm³/mol. The number of unbranched alkanes of at least 4 members (excludes halogenated alkanes) is 2. The van der Waals surface area contributed by atoms with E-state index in [1.54, 1.807) is 6.08 Å². The number of hydrogen-bond donors (Lipinski definition) is 1. The van der Waals surface area contributed by atoms with Crippen LogP contribution in [0.25, 0.3) is 17.1 Å². The summed E-state index contributed by atoms with van der Waals surface area (Å²) in [6.07, 6.45) is 11.7. The topological polar surface area (TPSA) is 67.2 Å². The molecule has 0 unspecified atom stereocenters. The largest absolute Gasteiger partial charge is 0.353 e. The van der Waals surface area contributed by atoms with Gasteiger partial charge >= 0.3 is 0 Å². The zero-order valence-corrected chi connectivity index (χ0v) is 20.5. The molecule has 0 aliphatic carbocycles. The molecule has 35 heavy (non-hydrogen) atoms. The van der Waals surface area contributed by atoms with Gasteiger partial charge in [-0.25, -0.2) is 4.98 Å². The second kappa shape index (κ2) is 12.9. The van der Waals surface area contributed by atoms with Gasteiger partial charge in [-0.15, -0.1) is 0 Å². The summed E-state index contributed by atoms with van der Waals surface area (Å²) >= 11 is 0. The lowest BCUT2D eigenvalue weighted by atomic mass is 10.2. The fraction of sp³-hybridized carbons (Fsp3) is 0.414. The van der Waals surface area contributed by atoms with Gasteiger partial charge in [-0.1, -0.05) is 61.7 Å². The van der Waals surface area contributed by atoms with Crippen molar-refractivity contribution in [2.45, 2.75) is 57.9 Å². The van der Waals surface area contributed by atoms with Crippen LogP contribution in [0.15, 0.2) is 60.7 Å². The van der Waals surface area contributed by atoms with E-state index in [4.69, 9.17) is 4.98 Å². The molecule has 2 heterocycles. The zero-order chi connectivity index (χ0) is 24.3. The Morgan fingerprint density at radius 3 is 2.43 bits per heavy atom. The number of aromatic nitrogens is 2. The van der Waals surface area contributed by atoms with E-state index < -0.39 is 0 Å². The van der Waals surface area contributed by atoms with Crippen LogP contribution in [0.1, 0.15) is 56.3 Å². The Kier molecular flexibility index (Phi) is 9.10. The zero-order valence-electron chi connectivity index (χ0n) is 20.5. The summed E-state index contributed by atoms with van der Waals surface area (Å²) in [7, 11) is 0. The van der Waals surface area contributed by atoms with Crippen molar-refractivity contribution in [1.82, 2.24) is 19.8 Å². The number of nitrogens with one attached hydrogen (secondary N) is 1. The average molecular weight is 473 g/mol. The van der Waals surface area contributed by atoms with Crippen LogP contribution in [0.5, 0.6) is 0 Å². The predicted octanol–water partition coefficient (Wildman–Crippen LogP) is 4.98. The van der Waals surface area contributed by atoms with Crippen LogP contribution in [0.3, 0.4) is 0 Å². The maximum absolute atomic E-state index is 13.1. The van der Waals surface area contributed by atoms with E-state index in [0.29, 0.717) is 13.1 Å². The molecule has 1 N–H and O–H groups in total. The van der Waals surface area contributed by atoms with Gasteiger partial charge < -0.3 is 14.8 Å². The summed E-state index contributed by atoms with van der Waals surface area (Å²) in [6.45, 7) is 2.75. The second-order valence-corrected chi connectivity index (χ2v) is 9.24. The molecule has 0 bridgehead atoms. The van der Waals surface area contributed by atoms with Gasteiger partial charge in [-0.3, -0.25) is 9.59 Å². The number of benzene rings is 2. The number of aryl methyl sites for hydroxylation is 1. The second-order valence-electron chi connectivity index (χ2n) is 9.24. The lowest BCUT2D eigenvalue weighted by Crippen LogP contribution is -2.34. The van der Waals surface area contributed by atoms with Crippen LogP contribution in [0.4, 0.5) is 0 Å². The number of carbonyl (C=O) groups excluding carboxylic acids is 2. The Morgan fingerprint density at radius 1 is 0.886 bits per heavy atom. The molecule has 0 radical (unpaired) electrons. The molecule has 6 heteroatoms. The SMILES string of the molecule is O=C(/C=C/c1ccccc1)NCCCCCc1nc2ccccc2n1CC(=O)N1CCCCCC1. The van der Waals surface area contributed by atoms with Gasteiger partial charge in [0.15, 0.2) is 0 Å². The van der Waals surface area contributed by atoms with Crippen molar-refractivity contribution in [1.29, 1.82) is 0 Å². The number of imidazole rings is 1. The number of fused-ring (bicyclic) bond motifs is 1. The summed E-state index contributed by atoms with van der Waals surface area (Å²) in [4.78, 5) is 32.0. The Labute approximate surface area is 208 Å². The van der Waals surface area contributed by atoms with E-state index >= 15 is 0 Å². The number of carbonyl (C=O) groups is 2. The maximum Gasteiger partial charge on any atom is 0.243 e. The molecule has 4 rings (SSSR count). The van der Waals surface area contributed by atoms with Crippen LogP contribution >= 0.6 is 0 Å². The lowest BCUT2D eigenvalue weighted by molar-refractivity contribution is -0.131. The molecular weight excluding hydrogens is 436 g/mol. The molecule has 0 atom stereocenters. The summed E-state index contributed by atoms with van der Waals surface area (Å²) in [5.41, 5.74) is 2.99. The van der Waals surface area contributed by atoms with Crippen molar-refractivity contribution >= 4 is 28.9 Å². The van der Waals surface area contributed by atoms with Crippen molar-refractivity contribution in [3.63, 3.8) is 0 Å². The van der Waals surface area contributed by atoms with Crippen molar-refractivity contribution in [2.24, 2.45) is 0 Å². The van der Waals surface area contributed by atoms with Gasteiger partial charge in [0.2, 0.25) is 11.8 Å². The third kappa shape index (κ3) is 7.28. The Morgan fingerprint density at radius 2 is 1.63 bits per heavy atom. The first-order valence-electron chi connectivity index (χ1n) is 12.9. The van der Waals surface area contributed by atoms with Crippen LogP contribution in [-0.4, -0.2) is 45.9 Å². The molecule has 6 nitrogen and oxygen atoms in total. The summed E-state index contributed by atoms with van der Waals surface area (Å²) in [5.74, 6) is 1.11. The highest BCUT2D eigenvalue weighted by molar-refractivity contribution is 5.91. The van der Waals surface area contributed by atoms with Gasteiger partial charge in [0.25, 0.3) is 0 Å². The first-order valence-corrected chi connectivity index (χ1v) is 12.9. The minimum absolute atomic E-state index is 0.0670. The number of likely N-dealkylation sites (tertiary alicyclic amines) is 1. The molecule has 1 aromatic heterocycles. The first-order chi connectivity index (χ1) is 17.2. The van der Waals surface area contributed by atoms with Gasteiger partial charge in [-0.2, -0.15) is 0 Å². The lowest BCUT2D eigenvalue weighted by Gasteiger charge is -2.21. The molecule has 0 spiro atoms. The van der Waals surface area contributed by atoms with Crippen LogP contribution in [0, 0.1) is 0 Å². The van der Waals surface area contributed by atoms with E-state index in [-0.39, 0.29) is 11.8 Å². The van der Waals surface area contributed by atoms with E-state index in [9.17, 15) is 9.59 Å². The highest BCUT2D eigenvalue weighted by Crippen LogP contribution is 2.19. The quantitative estimate of drug-likeness (QED) is 0.334. The fourth-order valence-electron chi connectivity index (χ4n) is 4.64. The third-order valence-electron chi connectivity index (χ3n) is 6.59. The molecule has 1 aliphatic heterocycles. The number of para-hydroxylation sites is 2. The maximum atomic E-state index is 13.1. The highest BCUT2D eigenvalue weighted by Gasteiger charge is 2.19. The summed E-state index contributed by atoms with van der Waals surface area (Å²) < 4.78 is 2.11. The van der Waals surface area contributed by atoms with Gasteiger partial charge in [-0.05, 0) is 49.5 Å². The minimum Gasteiger partial charge on any atom is -0.353 e. The van der Waals surface area contributed by atoms with Gasteiger partial charge in [0, 0.05) is 32.1 Å². The average Bonchev–Trinajstić information content (AvgIpc) is 3.04. The Balaban J connectivity index is 1.26. The van der Waals surface area contributed by atoms with E-state index in [1.807, 2.05) is 59.5 Å². The van der Waals surface area contributed by atoms with E-state index in [2.05, 4.69) is 16.0 Å². The molecule has 3 aromatic rings. The molecule has 184 valence electrons. The van der Waals surface area contributed by atoms with Crippen LogP contribution in [0.2, 0.25) is 0 Å². The van der Waals surface area contributed by atoms with Crippen molar-refractivity contribution in [3.05, 3.63) is 72.1 Å². The summed E-state index contributed by atoms with van der Waals surface area (Å²) in [5, 5.41) is 2.96. The first kappa shape index (κ1) is 24.7. The number of nitrogens with zero attached hydrogens (tertiary/aromatic N) is 3. The molecule has 1 saturated heterocycles. The normalized spacial score (nSPS) is 14.3. The van der Waals surface area contributed by atoms with Crippen molar-refractivity contribution < 1.29 is 9.59 Å². The van der Waals surface area contributed by atoms with Gasteiger partial charge in [0.1, 0.15) is 12.4 Å². The molecular formula is C29H36N4O2. The monoisotopic (exact) mass is 472 g/mol. The molecule has 2 aromatic carbocycles. The highest BCUT2D eigenvalue weighted by atomic mass is 16.2.